The molecule has 0 aliphatic carbocycles. The van der Waals surface area contributed by atoms with Crippen LogP contribution in [0.2, 0.25) is 0 Å². The van der Waals surface area contributed by atoms with Gasteiger partial charge in [-0.25, -0.2) is 0 Å². The van der Waals surface area contributed by atoms with Gasteiger partial charge in [-0.05, 0) is 44.0 Å². The molecule has 102 valence electrons. The summed E-state index contributed by atoms with van der Waals surface area (Å²) in [4.78, 5) is 0. The molecule has 2 N–H and O–H groups in total. The molecule has 2 unspecified atom stereocenters. The summed E-state index contributed by atoms with van der Waals surface area (Å²) in [5.74, 6) is 0.753. The number of hydrogen-bond donors (Lipinski definition) is 2. The van der Waals surface area contributed by atoms with Gasteiger partial charge in [0.15, 0.2) is 0 Å². The van der Waals surface area contributed by atoms with Crippen molar-refractivity contribution in [2.45, 2.75) is 52.8 Å². The van der Waals surface area contributed by atoms with Gasteiger partial charge in [0.25, 0.3) is 0 Å². The van der Waals surface area contributed by atoms with Gasteiger partial charge in [0.2, 0.25) is 0 Å². The summed E-state index contributed by atoms with van der Waals surface area (Å²) in [5.41, 5.74) is 3.19. The average molecular weight is 251 g/mol. The number of hydrogen-bond acceptors (Lipinski definition) is 3. The zero-order valence-electron chi connectivity index (χ0n) is 12.2. The van der Waals surface area contributed by atoms with Crippen molar-refractivity contribution in [3.05, 3.63) is 28.8 Å². The summed E-state index contributed by atoms with van der Waals surface area (Å²) in [6.45, 7) is 10.2. The molecule has 0 aromatic heterocycles. The molecule has 3 nitrogen and oxygen atoms in total. The van der Waals surface area contributed by atoms with Crippen molar-refractivity contribution in [1.82, 2.24) is 5.32 Å². The van der Waals surface area contributed by atoms with E-state index < -0.39 is 6.10 Å². The van der Waals surface area contributed by atoms with Gasteiger partial charge in [0, 0.05) is 17.6 Å². The number of ether oxygens (including phenoxy) is 1. The van der Waals surface area contributed by atoms with E-state index in [9.17, 15) is 5.11 Å². The molecule has 18 heavy (non-hydrogen) atoms. The van der Waals surface area contributed by atoms with Gasteiger partial charge < -0.3 is 15.2 Å². The summed E-state index contributed by atoms with van der Waals surface area (Å²) in [6.07, 6.45) is -0.568. The maximum absolute atomic E-state index is 10.4. The Morgan fingerprint density at radius 1 is 1.11 bits per heavy atom. The third-order valence-electron chi connectivity index (χ3n) is 3.23. The molecule has 0 aliphatic rings. The topological polar surface area (TPSA) is 41.5 Å². The normalized spacial score (nSPS) is 14.7. The molecule has 0 saturated carbocycles. The summed E-state index contributed by atoms with van der Waals surface area (Å²) in [6, 6.07) is 4.32. The van der Waals surface area contributed by atoms with Crippen molar-refractivity contribution in [3.8, 4) is 5.75 Å². The highest BCUT2D eigenvalue weighted by atomic mass is 16.5. The van der Waals surface area contributed by atoms with Gasteiger partial charge in [0.05, 0.1) is 13.2 Å². The zero-order valence-corrected chi connectivity index (χ0v) is 12.2. The molecule has 0 amide bonds. The van der Waals surface area contributed by atoms with Gasteiger partial charge in [-0.3, -0.25) is 0 Å². The van der Waals surface area contributed by atoms with Gasteiger partial charge in [-0.2, -0.15) is 0 Å². The number of nitrogens with one attached hydrogen (secondary N) is 1. The van der Waals surface area contributed by atoms with Crippen LogP contribution in [0, 0.1) is 13.8 Å². The molecule has 0 fully saturated rings. The molecule has 0 radical (unpaired) electrons. The Labute approximate surface area is 110 Å². The van der Waals surface area contributed by atoms with Gasteiger partial charge in [0.1, 0.15) is 5.75 Å². The second-order valence-electron chi connectivity index (χ2n) is 5.23. The first-order chi connectivity index (χ1) is 8.36. The van der Waals surface area contributed by atoms with Crippen molar-refractivity contribution >= 4 is 0 Å². The maximum atomic E-state index is 10.4. The van der Waals surface area contributed by atoms with E-state index in [2.05, 4.69) is 19.2 Å². The molecule has 0 aliphatic heterocycles. The molecule has 1 aromatic rings. The van der Waals surface area contributed by atoms with Crippen molar-refractivity contribution in [2.24, 2.45) is 0 Å². The molecule has 3 heteroatoms. The molecule has 0 heterocycles. The molecular weight excluding hydrogens is 226 g/mol. The van der Waals surface area contributed by atoms with E-state index >= 15 is 0 Å². The Hall–Kier alpha value is -1.06. The molecule has 0 bridgehead atoms. The zero-order chi connectivity index (χ0) is 13.9. The molecule has 0 spiro atoms. The fraction of sp³-hybridized carbons (Fsp3) is 0.600. The number of aryl methyl sites for hydroxylation is 2. The summed E-state index contributed by atoms with van der Waals surface area (Å²) in [7, 11) is 1.64. The second kappa shape index (κ2) is 6.21. The Morgan fingerprint density at radius 3 is 2.17 bits per heavy atom. The van der Waals surface area contributed by atoms with Crippen molar-refractivity contribution in [2.75, 3.05) is 7.11 Å². The lowest BCUT2D eigenvalue weighted by Crippen LogP contribution is -2.37. The highest BCUT2D eigenvalue weighted by molar-refractivity contribution is 5.43. The first-order valence-electron chi connectivity index (χ1n) is 6.46. The highest BCUT2D eigenvalue weighted by Gasteiger charge is 2.21. The highest BCUT2D eigenvalue weighted by Crippen LogP contribution is 2.30. The molecule has 0 saturated heterocycles. The first-order valence-corrected chi connectivity index (χ1v) is 6.46. The average Bonchev–Trinajstić information content (AvgIpc) is 2.30. The fourth-order valence-corrected chi connectivity index (χ4v) is 2.11. The van der Waals surface area contributed by atoms with Crippen LogP contribution < -0.4 is 10.1 Å². The lowest BCUT2D eigenvalue weighted by molar-refractivity contribution is 0.128. The van der Waals surface area contributed by atoms with E-state index in [1.807, 2.05) is 32.9 Å². The first kappa shape index (κ1) is 15.0. The van der Waals surface area contributed by atoms with Crippen LogP contribution in [0.25, 0.3) is 0 Å². The third kappa shape index (κ3) is 3.47. The van der Waals surface area contributed by atoms with Crippen molar-refractivity contribution in [3.63, 3.8) is 0 Å². The van der Waals surface area contributed by atoms with Gasteiger partial charge in [-0.15, -0.1) is 0 Å². The molecule has 1 aromatic carbocycles. The number of aliphatic hydroxyl groups is 1. The van der Waals surface area contributed by atoms with Crippen LogP contribution in [0.4, 0.5) is 0 Å². The lowest BCUT2D eigenvalue weighted by Gasteiger charge is -2.25. The number of methoxy groups -OCH3 is 1. The Balaban J connectivity index is 3.04. The summed E-state index contributed by atoms with van der Waals surface area (Å²) < 4.78 is 5.37. The van der Waals surface area contributed by atoms with E-state index in [0.717, 1.165) is 11.3 Å². The standard InChI is InChI=1S/C15H25NO2/c1-9(2)16-12(5)15(17)13-7-10(3)11(4)8-14(13)18-6/h7-9,12,15-17H,1-6H3. The van der Waals surface area contributed by atoms with Crippen LogP contribution in [-0.2, 0) is 0 Å². The van der Waals surface area contributed by atoms with E-state index in [-0.39, 0.29) is 6.04 Å². The Kier molecular flexibility index (Phi) is 5.17. The van der Waals surface area contributed by atoms with E-state index in [4.69, 9.17) is 4.74 Å². The van der Waals surface area contributed by atoms with Crippen LogP contribution >= 0.6 is 0 Å². The van der Waals surface area contributed by atoms with Crippen molar-refractivity contribution < 1.29 is 9.84 Å². The molecule has 1 rings (SSSR count). The maximum Gasteiger partial charge on any atom is 0.125 e. The predicted octanol–water partition coefficient (Wildman–Crippen LogP) is 2.73. The number of aliphatic hydroxyl groups excluding tert-OH is 1. The minimum Gasteiger partial charge on any atom is -0.496 e. The Morgan fingerprint density at radius 2 is 1.67 bits per heavy atom. The van der Waals surface area contributed by atoms with Gasteiger partial charge >= 0.3 is 0 Å². The van der Waals surface area contributed by atoms with Crippen LogP contribution in [0.1, 0.15) is 43.6 Å². The molecular formula is C15H25NO2. The van der Waals surface area contributed by atoms with Crippen molar-refractivity contribution in [1.29, 1.82) is 0 Å². The minimum absolute atomic E-state index is 0.0130. The quantitative estimate of drug-likeness (QED) is 0.845. The van der Waals surface area contributed by atoms with E-state index in [0.29, 0.717) is 6.04 Å². The third-order valence-corrected chi connectivity index (χ3v) is 3.23. The van der Waals surface area contributed by atoms with Crippen LogP contribution in [0.15, 0.2) is 12.1 Å². The SMILES string of the molecule is COc1cc(C)c(C)cc1C(O)C(C)NC(C)C. The van der Waals surface area contributed by atoms with Crippen LogP contribution in [-0.4, -0.2) is 24.3 Å². The Bertz CT molecular complexity index is 402. The van der Waals surface area contributed by atoms with Crippen LogP contribution in [0.3, 0.4) is 0 Å². The second-order valence-corrected chi connectivity index (χ2v) is 5.23. The number of rotatable bonds is 5. The van der Waals surface area contributed by atoms with Gasteiger partial charge in [-0.1, -0.05) is 13.8 Å². The minimum atomic E-state index is -0.568. The summed E-state index contributed by atoms with van der Waals surface area (Å²) in [5, 5.41) is 13.7. The lowest BCUT2D eigenvalue weighted by atomic mass is 9.97. The van der Waals surface area contributed by atoms with E-state index in [1.165, 1.54) is 11.1 Å². The smallest absolute Gasteiger partial charge is 0.125 e. The number of benzene rings is 1. The monoisotopic (exact) mass is 251 g/mol. The van der Waals surface area contributed by atoms with Crippen LogP contribution in [0.5, 0.6) is 5.75 Å². The summed E-state index contributed by atoms with van der Waals surface area (Å²) >= 11 is 0. The fourth-order valence-electron chi connectivity index (χ4n) is 2.11. The molecule has 2 atom stereocenters. The largest absolute Gasteiger partial charge is 0.496 e. The predicted molar refractivity (Wildman–Crippen MR) is 75.2 cm³/mol. The van der Waals surface area contributed by atoms with E-state index in [1.54, 1.807) is 7.11 Å².